The Balaban J connectivity index is 1.19. The first-order valence-corrected chi connectivity index (χ1v) is 15.1. The fourth-order valence-corrected chi connectivity index (χ4v) is 6.04. The number of nitrogens with two attached hydrogens (primary N) is 1. The van der Waals surface area contributed by atoms with Crippen molar-refractivity contribution >= 4 is 34.3 Å². The molecular formula is C31H36F4N10O. The smallest absolute Gasteiger partial charge is 0.383 e. The monoisotopic (exact) mass is 640 g/mol. The number of amides is 2. The number of fused-ring (bicyclic) bond motifs is 1. The molecule has 4 heterocycles. The minimum Gasteiger partial charge on any atom is -0.383 e. The number of benzene rings is 2. The fourth-order valence-electron chi connectivity index (χ4n) is 6.04. The summed E-state index contributed by atoms with van der Waals surface area (Å²) < 4.78 is 59.1. The molecule has 6 rings (SSSR count). The number of aromatic nitrogens is 4. The second kappa shape index (κ2) is 12.8. The summed E-state index contributed by atoms with van der Waals surface area (Å²) in [5.74, 6) is -0.544. The van der Waals surface area contributed by atoms with Crippen LogP contribution in [0.1, 0.15) is 30.0 Å². The highest BCUT2D eigenvalue weighted by Crippen LogP contribution is 2.36. The molecule has 0 unspecified atom stereocenters. The number of hydrogen-bond acceptors (Lipinski definition) is 8. The van der Waals surface area contributed by atoms with Crippen molar-refractivity contribution in [3.8, 4) is 11.3 Å². The zero-order valence-corrected chi connectivity index (χ0v) is 25.6. The van der Waals surface area contributed by atoms with Crippen LogP contribution in [0.4, 0.5) is 39.5 Å². The summed E-state index contributed by atoms with van der Waals surface area (Å²) in [5, 5.41) is 10.1. The number of carbonyl (C=O) groups is 1. The van der Waals surface area contributed by atoms with Gasteiger partial charge in [0.05, 0.1) is 22.7 Å². The van der Waals surface area contributed by atoms with E-state index in [-0.39, 0.29) is 35.3 Å². The third kappa shape index (κ3) is 6.76. The number of hydrogen-bond donors (Lipinski definition) is 3. The topological polar surface area (TPSA) is 120 Å². The Morgan fingerprint density at radius 3 is 2.37 bits per heavy atom. The molecule has 0 aliphatic carbocycles. The van der Waals surface area contributed by atoms with Gasteiger partial charge in [0.2, 0.25) is 0 Å². The Labute approximate surface area is 263 Å². The molecule has 2 aromatic carbocycles. The maximum Gasteiger partial charge on any atom is 0.416 e. The predicted molar refractivity (Wildman–Crippen MR) is 168 cm³/mol. The van der Waals surface area contributed by atoms with Crippen LogP contribution in [0.15, 0.2) is 42.7 Å². The molecule has 244 valence electrons. The molecule has 15 heteroatoms. The standard InChI is InChI=1S/C31H36F4N10O/c1-42-9-7-22(8-10-42)45-29-26(28(36)37-18-38-29)27(41-45)19-4-6-25(24(32)15-19)40-30(46)39-21-5-3-20(23(16-21)31(33,34)35)17-44-13-11-43(2)12-14-44/h3-6,15-16,18,22H,7-14,17H2,1-2H3,(H2,36,37,38)(H2,39,40,46). The van der Waals surface area contributed by atoms with Gasteiger partial charge in [0, 0.05) is 44.0 Å². The third-order valence-electron chi connectivity index (χ3n) is 8.71. The average Bonchev–Trinajstić information content (AvgIpc) is 3.41. The quantitative estimate of drug-likeness (QED) is 0.255. The third-order valence-corrected chi connectivity index (χ3v) is 8.71. The molecule has 46 heavy (non-hydrogen) atoms. The number of piperidine rings is 1. The molecule has 2 saturated heterocycles. The van der Waals surface area contributed by atoms with Gasteiger partial charge in [-0.3, -0.25) is 4.90 Å². The van der Waals surface area contributed by atoms with Crippen molar-refractivity contribution in [2.24, 2.45) is 0 Å². The fraction of sp³-hybridized carbons (Fsp3) is 0.419. The maximum absolute atomic E-state index is 15.4. The van der Waals surface area contributed by atoms with Crippen molar-refractivity contribution in [1.29, 1.82) is 0 Å². The summed E-state index contributed by atoms with van der Waals surface area (Å²) in [4.78, 5) is 27.6. The lowest BCUT2D eigenvalue weighted by Crippen LogP contribution is -2.44. The zero-order chi connectivity index (χ0) is 32.6. The van der Waals surface area contributed by atoms with Crippen LogP contribution in [-0.4, -0.2) is 93.8 Å². The average molecular weight is 641 g/mol. The van der Waals surface area contributed by atoms with Crippen molar-refractivity contribution in [3.05, 3.63) is 59.7 Å². The molecule has 0 spiro atoms. The summed E-state index contributed by atoms with van der Waals surface area (Å²) in [6, 6.07) is 7.07. The minimum absolute atomic E-state index is 0.0645. The van der Waals surface area contributed by atoms with E-state index in [0.717, 1.165) is 45.1 Å². The number of urea groups is 1. The van der Waals surface area contributed by atoms with Gasteiger partial charge in [-0.2, -0.15) is 18.3 Å². The van der Waals surface area contributed by atoms with Crippen LogP contribution in [0, 0.1) is 5.82 Å². The van der Waals surface area contributed by atoms with Gasteiger partial charge >= 0.3 is 12.2 Å². The molecule has 0 bridgehead atoms. The Morgan fingerprint density at radius 1 is 0.957 bits per heavy atom. The SMILES string of the molecule is CN1CCC(n2nc(-c3ccc(NC(=O)Nc4ccc(CN5CCN(C)CC5)c(C(F)(F)F)c4)c(F)c3)c3c(N)ncnc32)CC1. The number of nitrogens with zero attached hydrogens (tertiary/aromatic N) is 7. The molecule has 2 amide bonds. The number of carbonyl (C=O) groups excluding carboxylic acids is 1. The van der Waals surface area contributed by atoms with Crippen molar-refractivity contribution in [2.45, 2.75) is 31.6 Å². The number of likely N-dealkylation sites (N-methyl/N-ethyl adjacent to an activating group) is 1. The van der Waals surface area contributed by atoms with Crippen molar-refractivity contribution in [3.63, 3.8) is 0 Å². The van der Waals surface area contributed by atoms with Crippen LogP contribution < -0.4 is 16.4 Å². The van der Waals surface area contributed by atoms with Gasteiger partial charge in [-0.05, 0) is 69.9 Å². The van der Waals surface area contributed by atoms with Crippen molar-refractivity contribution in [2.75, 3.05) is 69.7 Å². The highest BCUT2D eigenvalue weighted by molar-refractivity contribution is 6.01. The lowest BCUT2D eigenvalue weighted by Gasteiger charge is -2.33. The van der Waals surface area contributed by atoms with Gasteiger partial charge < -0.3 is 26.2 Å². The lowest BCUT2D eigenvalue weighted by molar-refractivity contribution is -0.138. The van der Waals surface area contributed by atoms with E-state index in [1.165, 1.54) is 30.6 Å². The lowest BCUT2D eigenvalue weighted by atomic mass is 10.0. The van der Waals surface area contributed by atoms with Gasteiger partial charge in [-0.15, -0.1) is 0 Å². The predicted octanol–water partition coefficient (Wildman–Crippen LogP) is 4.89. The van der Waals surface area contributed by atoms with Crippen LogP contribution in [0.2, 0.25) is 0 Å². The highest BCUT2D eigenvalue weighted by Gasteiger charge is 2.34. The van der Waals surface area contributed by atoms with E-state index < -0.39 is 23.6 Å². The van der Waals surface area contributed by atoms with Crippen LogP contribution >= 0.6 is 0 Å². The van der Waals surface area contributed by atoms with Gasteiger partial charge in [0.1, 0.15) is 23.7 Å². The number of nitrogen functional groups attached to an aromatic ring is 1. The molecule has 0 atom stereocenters. The number of rotatable bonds is 6. The van der Waals surface area contributed by atoms with Crippen molar-refractivity contribution in [1.82, 2.24) is 34.4 Å². The van der Waals surface area contributed by atoms with Crippen LogP contribution in [-0.2, 0) is 12.7 Å². The van der Waals surface area contributed by atoms with Gasteiger partial charge in [0.25, 0.3) is 0 Å². The van der Waals surface area contributed by atoms with Gasteiger partial charge in [0.15, 0.2) is 5.65 Å². The Kier molecular flexibility index (Phi) is 8.81. The van der Waals surface area contributed by atoms with E-state index in [9.17, 15) is 18.0 Å². The molecule has 2 aliphatic heterocycles. The van der Waals surface area contributed by atoms with Gasteiger partial charge in [-0.25, -0.2) is 23.8 Å². The first-order valence-electron chi connectivity index (χ1n) is 15.1. The van der Waals surface area contributed by atoms with Crippen LogP contribution in [0.25, 0.3) is 22.3 Å². The van der Waals surface area contributed by atoms with E-state index in [4.69, 9.17) is 10.8 Å². The highest BCUT2D eigenvalue weighted by atomic mass is 19.4. The van der Waals surface area contributed by atoms with E-state index >= 15 is 4.39 Å². The molecule has 2 aliphatic rings. The van der Waals surface area contributed by atoms with E-state index in [1.807, 2.05) is 16.6 Å². The second-order valence-electron chi connectivity index (χ2n) is 12.0. The molecule has 0 radical (unpaired) electrons. The van der Waals surface area contributed by atoms with E-state index in [0.29, 0.717) is 35.4 Å². The molecule has 2 fully saturated rings. The minimum atomic E-state index is -4.61. The largest absolute Gasteiger partial charge is 0.416 e. The van der Waals surface area contributed by atoms with E-state index in [2.05, 4.69) is 37.4 Å². The normalized spacial score (nSPS) is 17.4. The summed E-state index contributed by atoms with van der Waals surface area (Å²) in [6.45, 7) is 4.83. The Bertz CT molecular complexity index is 1730. The summed E-state index contributed by atoms with van der Waals surface area (Å²) in [7, 11) is 4.04. The number of nitrogens with one attached hydrogen (secondary N) is 2. The summed E-state index contributed by atoms with van der Waals surface area (Å²) >= 11 is 0. The molecule has 11 nitrogen and oxygen atoms in total. The first kappa shape index (κ1) is 31.6. The molecular weight excluding hydrogens is 604 g/mol. The molecule has 0 saturated carbocycles. The number of anilines is 3. The zero-order valence-electron chi connectivity index (χ0n) is 25.6. The first-order chi connectivity index (χ1) is 22.0. The molecule has 4 N–H and O–H groups in total. The number of likely N-dealkylation sites (tertiary alicyclic amines) is 1. The van der Waals surface area contributed by atoms with Crippen LogP contribution in [0.5, 0.6) is 0 Å². The van der Waals surface area contributed by atoms with Gasteiger partial charge in [-0.1, -0.05) is 12.1 Å². The summed E-state index contributed by atoms with van der Waals surface area (Å²) in [5.41, 5.74) is 6.68. The second-order valence-corrected chi connectivity index (χ2v) is 12.0. The number of piperazine rings is 1. The number of halogens is 4. The maximum atomic E-state index is 15.4. The van der Waals surface area contributed by atoms with E-state index in [1.54, 1.807) is 6.07 Å². The Hall–Kier alpha value is -4.34. The molecule has 2 aromatic heterocycles. The molecule has 4 aromatic rings. The number of alkyl halides is 3. The Morgan fingerprint density at radius 2 is 1.67 bits per heavy atom. The van der Waals surface area contributed by atoms with Crippen LogP contribution in [0.3, 0.4) is 0 Å². The van der Waals surface area contributed by atoms with Crippen molar-refractivity contribution < 1.29 is 22.4 Å². The summed E-state index contributed by atoms with van der Waals surface area (Å²) in [6.07, 6.45) is -1.50.